The number of carboxylic acids is 1. The van der Waals surface area contributed by atoms with Crippen LogP contribution < -0.4 is 0 Å². The lowest BCUT2D eigenvalue weighted by atomic mass is 10.2. The molecule has 0 saturated heterocycles. The van der Waals surface area contributed by atoms with Gasteiger partial charge in [-0.25, -0.2) is 19.3 Å². The molecular formula is C11H16N4O4. The Balaban J connectivity index is 2.09. The molecule has 19 heavy (non-hydrogen) atoms. The van der Waals surface area contributed by atoms with E-state index in [4.69, 9.17) is 9.84 Å². The number of carbonyl (C=O) groups excluding carboxylic acids is 1. The molecule has 0 atom stereocenters. The van der Waals surface area contributed by atoms with Crippen LogP contribution in [-0.4, -0.2) is 49.0 Å². The Morgan fingerprint density at radius 3 is 2.58 bits per heavy atom. The summed E-state index contributed by atoms with van der Waals surface area (Å²) in [5.41, 5.74) is -0.561. The number of carboxylic acid groups (broad SMARTS) is 1. The largest absolute Gasteiger partial charge is 0.475 e. The molecule has 1 aromatic heterocycles. The Morgan fingerprint density at radius 1 is 1.32 bits per heavy atom. The molecule has 8 nitrogen and oxygen atoms in total. The van der Waals surface area contributed by atoms with Gasteiger partial charge in [0.25, 0.3) is 5.82 Å². The van der Waals surface area contributed by atoms with Crippen LogP contribution in [0.4, 0.5) is 4.79 Å². The highest BCUT2D eigenvalue weighted by Crippen LogP contribution is 2.15. The Bertz CT molecular complexity index is 517. The molecule has 1 aliphatic heterocycles. The van der Waals surface area contributed by atoms with Crippen LogP contribution in [-0.2, 0) is 17.8 Å². The van der Waals surface area contributed by atoms with Gasteiger partial charge in [0.1, 0.15) is 11.4 Å². The van der Waals surface area contributed by atoms with Gasteiger partial charge in [-0.3, -0.25) is 4.90 Å². The molecule has 1 aliphatic rings. The number of ether oxygens (including phenoxy) is 1. The third-order valence-corrected chi connectivity index (χ3v) is 2.51. The second-order valence-corrected chi connectivity index (χ2v) is 5.28. The van der Waals surface area contributed by atoms with Gasteiger partial charge in [-0.05, 0) is 20.8 Å². The minimum absolute atomic E-state index is 0.204. The first-order valence-corrected chi connectivity index (χ1v) is 5.91. The van der Waals surface area contributed by atoms with Crippen molar-refractivity contribution in [3.8, 4) is 0 Å². The zero-order valence-corrected chi connectivity index (χ0v) is 11.1. The number of amides is 1. The number of nitrogens with zero attached hydrogens (tertiary/aromatic N) is 4. The third kappa shape index (κ3) is 3.01. The number of hydrogen-bond acceptors (Lipinski definition) is 5. The fraction of sp³-hybridized carbons (Fsp3) is 0.636. The number of rotatable bonds is 1. The molecule has 8 heteroatoms. The quantitative estimate of drug-likeness (QED) is 0.806. The molecule has 0 aliphatic carbocycles. The van der Waals surface area contributed by atoms with Crippen LogP contribution in [0.15, 0.2) is 0 Å². The normalized spacial score (nSPS) is 15.0. The van der Waals surface area contributed by atoms with Crippen molar-refractivity contribution in [3.05, 3.63) is 11.6 Å². The zero-order valence-electron chi connectivity index (χ0n) is 11.1. The Morgan fingerprint density at radius 2 is 2.00 bits per heavy atom. The van der Waals surface area contributed by atoms with Crippen LogP contribution in [0.1, 0.15) is 37.2 Å². The topological polar surface area (TPSA) is 97.6 Å². The van der Waals surface area contributed by atoms with Gasteiger partial charge < -0.3 is 9.84 Å². The maximum atomic E-state index is 11.9. The fourth-order valence-corrected chi connectivity index (χ4v) is 1.71. The first kappa shape index (κ1) is 13.3. The van der Waals surface area contributed by atoms with Gasteiger partial charge in [0.15, 0.2) is 0 Å². The van der Waals surface area contributed by atoms with Crippen LogP contribution in [0, 0.1) is 0 Å². The minimum Gasteiger partial charge on any atom is -0.475 e. The molecule has 0 fully saturated rings. The molecule has 1 aromatic rings. The SMILES string of the molecule is CC(C)(C)OC(=O)N1CCn2nc(C(=O)O)nc2C1. The van der Waals surface area contributed by atoms with Gasteiger partial charge in [0.05, 0.1) is 13.1 Å². The molecule has 0 bridgehead atoms. The van der Waals surface area contributed by atoms with Gasteiger partial charge in [-0.1, -0.05) is 0 Å². The molecule has 0 unspecified atom stereocenters. The number of aromatic nitrogens is 3. The third-order valence-electron chi connectivity index (χ3n) is 2.51. The first-order chi connectivity index (χ1) is 8.76. The lowest BCUT2D eigenvalue weighted by Crippen LogP contribution is -2.41. The van der Waals surface area contributed by atoms with Gasteiger partial charge in [0, 0.05) is 6.54 Å². The molecule has 0 aromatic carbocycles. The zero-order chi connectivity index (χ0) is 14.2. The van der Waals surface area contributed by atoms with Crippen molar-refractivity contribution in [2.24, 2.45) is 0 Å². The van der Waals surface area contributed by atoms with E-state index < -0.39 is 17.7 Å². The monoisotopic (exact) mass is 268 g/mol. The molecule has 1 N–H and O–H groups in total. The average molecular weight is 268 g/mol. The van der Waals surface area contributed by atoms with E-state index in [1.54, 1.807) is 20.8 Å². The first-order valence-electron chi connectivity index (χ1n) is 5.91. The Kier molecular flexibility index (Phi) is 3.17. The average Bonchev–Trinajstić information content (AvgIpc) is 2.69. The predicted molar refractivity (Wildman–Crippen MR) is 63.6 cm³/mol. The van der Waals surface area contributed by atoms with E-state index in [9.17, 15) is 9.59 Å². The molecule has 104 valence electrons. The Labute approximate surface area is 110 Å². The van der Waals surface area contributed by atoms with Gasteiger partial charge in [0.2, 0.25) is 0 Å². The minimum atomic E-state index is -1.18. The summed E-state index contributed by atoms with van der Waals surface area (Å²) in [4.78, 5) is 28.0. The summed E-state index contributed by atoms with van der Waals surface area (Å²) in [6.45, 7) is 6.41. The van der Waals surface area contributed by atoms with E-state index in [0.717, 1.165) is 0 Å². The van der Waals surface area contributed by atoms with Crippen molar-refractivity contribution >= 4 is 12.1 Å². The number of hydrogen-bond donors (Lipinski definition) is 1. The fourth-order valence-electron chi connectivity index (χ4n) is 1.71. The summed E-state index contributed by atoms with van der Waals surface area (Å²) >= 11 is 0. The number of fused-ring (bicyclic) bond motifs is 1. The van der Waals surface area contributed by atoms with Crippen molar-refractivity contribution < 1.29 is 19.4 Å². The maximum Gasteiger partial charge on any atom is 0.410 e. The number of carbonyl (C=O) groups is 2. The van der Waals surface area contributed by atoms with Crippen molar-refractivity contribution in [3.63, 3.8) is 0 Å². The molecule has 2 rings (SSSR count). The molecule has 2 heterocycles. The van der Waals surface area contributed by atoms with Crippen LogP contribution in [0.5, 0.6) is 0 Å². The summed E-state index contributed by atoms with van der Waals surface area (Å²) in [6, 6.07) is 0. The standard InChI is InChI=1S/C11H16N4O4/c1-11(2,3)19-10(18)14-4-5-15-7(6-14)12-8(13-15)9(16)17/h4-6H2,1-3H3,(H,16,17). The number of aromatic carboxylic acids is 1. The summed E-state index contributed by atoms with van der Waals surface area (Å²) in [5.74, 6) is -0.971. The van der Waals surface area contributed by atoms with Crippen molar-refractivity contribution in [1.82, 2.24) is 19.7 Å². The van der Waals surface area contributed by atoms with E-state index >= 15 is 0 Å². The van der Waals surface area contributed by atoms with Gasteiger partial charge in [-0.2, -0.15) is 0 Å². The summed E-state index contributed by atoms with van der Waals surface area (Å²) in [6.07, 6.45) is -0.432. The smallest absolute Gasteiger partial charge is 0.410 e. The van der Waals surface area contributed by atoms with Crippen LogP contribution in [0.3, 0.4) is 0 Å². The highest BCUT2D eigenvalue weighted by Gasteiger charge is 2.28. The lowest BCUT2D eigenvalue weighted by Gasteiger charge is -2.29. The highest BCUT2D eigenvalue weighted by molar-refractivity contribution is 5.82. The van der Waals surface area contributed by atoms with Crippen LogP contribution in [0.25, 0.3) is 0 Å². The van der Waals surface area contributed by atoms with Crippen LogP contribution >= 0.6 is 0 Å². The van der Waals surface area contributed by atoms with Crippen molar-refractivity contribution in [2.75, 3.05) is 6.54 Å². The van der Waals surface area contributed by atoms with Crippen molar-refractivity contribution in [2.45, 2.75) is 39.5 Å². The molecule has 0 radical (unpaired) electrons. The van der Waals surface area contributed by atoms with Crippen LogP contribution in [0.2, 0.25) is 0 Å². The summed E-state index contributed by atoms with van der Waals surface area (Å²) < 4.78 is 6.76. The van der Waals surface area contributed by atoms with E-state index in [2.05, 4.69) is 10.1 Å². The highest BCUT2D eigenvalue weighted by atomic mass is 16.6. The second-order valence-electron chi connectivity index (χ2n) is 5.28. The molecular weight excluding hydrogens is 252 g/mol. The van der Waals surface area contributed by atoms with E-state index in [1.807, 2.05) is 0 Å². The van der Waals surface area contributed by atoms with Gasteiger partial charge >= 0.3 is 12.1 Å². The van der Waals surface area contributed by atoms with Crippen molar-refractivity contribution in [1.29, 1.82) is 0 Å². The lowest BCUT2D eigenvalue weighted by molar-refractivity contribution is 0.0190. The second kappa shape index (κ2) is 4.52. The maximum absolute atomic E-state index is 11.9. The Hall–Kier alpha value is -2.12. The summed E-state index contributed by atoms with van der Waals surface area (Å²) in [5, 5.41) is 12.7. The molecule has 0 spiro atoms. The van der Waals surface area contributed by atoms with E-state index in [-0.39, 0.29) is 12.4 Å². The predicted octanol–water partition coefficient (Wildman–Crippen LogP) is 0.727. The molecule has 1 amide bonds. The van der Waals surface area contributed by atoms with E-state index in [0.29, 0.717) is 18.9 Å². The summed E-state index contributed by atoms with van der Waals surface area (Å²) in [7, 11) is 0. The van der Waals surface area contributed by atoms with E-state index in [1.165, 1.54) is 9.58 Å². The molecule has 0 saturated carbocycles. The van der Waals surface area contributed by atoms with Gasteiger partial charge in [-0.15, -0.1) is 5.10 Å².